The van der Waals surface area contributed by atoms with E-state index in [2.05, 4.69) is 60.2 Å². The van der Waals surface area contributed by atoms with Gasteiger partial charge >= 0.3 is 0 Å². The molecule has 0 saturated carbocycles. The summed E-state index contributed by atoms with van der Waals surface area (Å²) in [5.41, 5.74) is 8.40. The fourth-order valence-electron chi connectivity index (χ4n) is 1.69. The molecule has 1 unspecified atom stereocenters. The topological polar surface area (TPSA) is 38.0 Å². The molecule has 0 bridgehead atoms. The van der Waals surface area contributed by atoms with E-state index in [0.29, 0.717) is 5.92 Å². The van der Waals surface area contributed by atoms with Gasteiger partial charge in [-0.2, -0.15) is 0 Å². The highest BCUT2D eigenvalue weighted by molar-refractivity contribution is 9.10. The fourth-order valence-corrected chi connectivity index (χ4v) is 1.94. The molecule has 0 radical (unpaired) electrons. The lowest BCUT2D eigenvalue weighted by Gasteiger charge is -2.16. The van der Waals surface area contributed by atoms with Crippen LogP contribution >= 0.6 is 15.9 Å². The summed E-state index contributed by atoms with van der Waals surface area (Å²) < 4.78 is 1.14. The molecule has 90 valence electrons. The van der Waals surface area contributed by atoms with E-state index in [1.165, 1.54) is 5.56 Å². The van der Waals surface area contributed by atoms with Crippen LogP contribution < -0.4 is 11.1 Å². The fraction of sp³-hybridized carbons (Fsp3) is 0.538. The molecule has 0 heterocycles. The molecule has 1 aromatic carbocycles. The third kappa shape index (κ3) is 4.54. The van der Waals surface area contributed by atoms with Gasteiger partial charge in [0.15, 0.2) is 0 Å². The lowest BCUT2D eigenvalue weighted by molar-refractivity contribution is 0.508. The van der Waals surface area contributed by atoms with Gasteiger partial charge in [0, 0.05) is 22.7 Å². The summed E-state index contributed by atoms with van der Waals surface area (Å²) >= 11 is 3.49. The van der Waals surface area contributed by atoms with Gasteiger partial charge in [-0.1, -0.05) is 29.8 Å². The first-order valence-corrected chi connectivity index (χ1v) is 6.54. The largest absolute Gasteiger partial charge is 0.383 e. The molecule has 0 aliphatic rings. The second kappa shape index (κ2) is 6.26. The minimum absolute atomic E-state index is 0.226. The van der Waals surface area contributed by atoms with Crippen LogP contribution in [0.2, 0.25) is 0 Å². The van der Waals surface area contributed by atoms with Crippen LogP contribution in [0.5, 0.6) is 0 Å². The average Bonchev–Trinajstić information content (AvgIpc) is 2.19. The molecule has 3 N–H and O–H groups in total. The van der Waals surface area contributed by atoms with E-state index >= 15 is 0 Å². The molecule has 16 heavy (non-hydrogen) atoms. The number of aryl methyl sites for hydroxylation is 1. The lowest BCUT2D eigenvalue weighted by atomic mass is 10.0. The van der Waals surface area contributed by atoms with Gasteiger partial charge in [-0.05, 0) is 43.0 Å². The number of nitrogens with two attached hydrogens (primary N) is 1. The number of rotatable bonds is 5. The summed E-state index contributed by atoms with van der Waals surface area (Å²) in [7, 11) is 0. The molecule has 0 aliphatic heterocycles. The Kier molecular flexibility index (Phi) is 5.29. The van der Waals surface area contributed by atoms with Crippen molar-refractivity contribution in [3.8, 4) is 0 Å². The summed E-state index contributed by atoms with van der Waals surface area (Å²) in [6.45, 7) is 7.32. The Hall–Kier alpha value is -0.540. The van der Waals surface area contributed by atoms with Crippen molar-refractivity contribution in [1.29, 1.82) is 0 Å². The van der Waals surface area contributed by atoms with Gasteiger partial charge in [0.2, 0.25) is 0 Å². The van der Waals surface area contributed by atoms with Crippen LogP contribution in [0, 0.1) is 12.8 Å². The second-order valence-corrected chi connectivity index (χ2v) is 5.59. The molecular formula is C13H21BrN2. The first kappa shape index (κ1) is 13.5. The number of benzene rings is 1. The molecule has 0 spiro atoms. The molecule has 2 nitrogen and oxygen atoms in total. The Morgan fingerprint density at radius 3 is 2.62 bits per heavy atom. The smallest absolute Gasteiger partial charge is 0.0344 e. The number of hydrogen-bond donors (Lipinski definition) is 2. The number of hydrogen-bond acceptors (Lipinski definition) is 2. The van der Waals surface area contributed by atoms with E-state index in [4.69, 9.17) is 5.73 Å². The van der Waals surface area contributed by atoms with Crippen molar-refractivity contribution in [2.45, 2.75) is 33.2 Å². The van der Waals surface area contributed by atoms with Gasteiger partial charge in [0.05, 0.1) is 0 Å². The molecule has 0 aromatic heterocycles. The van der Waals surface area contributed by atoms with Crippen LogP contribution in [-0.4, -0.2) is 12.6 Å². The third-order valence-corrected chi connectivity index (χ3v) is 3.39. The van der Waals surface area contributed by atoms with Crippen LogP contribution in [0.15, 0.2) is 22.7 Å². The van der Waals surface area contributed by atoms with Gasteiger partial charge in [-0.25, -0.2) is 0 Å². The van der Waals surface area contributed by atoms with Crippen LogP contribution in [0.3, 0.4) is 0 Å². The molecule has 1 rings (SSSR count). The van der Waals surface area contributed by atoms with Crippen molar-refractivity contribution < 1.29 is 0 Å². The summed E-state index contributed by atoms with van der Waals surface area (Å²) in [5, 5.41) is 3.37. The van der Waals surface area contributed by atoms with Crippen LogP contribution in [-0.2, 0) is 0 Å². The van der Waals surface area contributed by atoms with Crippen molar-refractivity contribution in [2.75, 3.05) is 11.9 Å². The number of nitrogens with one attached hydrogen (secondary N) is 1. The van der Waals surface area contributed by atoms with Crippen LogP contribution in [0.4, 0.5) is 5.69 Å². The molecular weight excluding hydrogens is 264 g/mol. The Bertz CT molecular complexity index is 337. The van der Waals surface area contributed by atoms with E-state index < -0.39 is 0 Å². The van der Waals surface area contributed by atoms with Crippen LogP contribution in [0.1, 0.15) is 25.8 Å². The average molecular weight is 285 g/mol. The summed E-state index contributed by atoms with van der Waals surface area (Å²) in [4.78, 5) is 0. The van der Waals surface area contributed by atoms with Crippen LogP contribution in [0.25, 0.3) is 0 Å². The minimum Gasteiger partial charge on any atom is -0.383 e. The van der Waals surface area contributed by atoms with Crippen molar-refractivity contribution in [1.82, 2.24) is 0 Å². The maximum absolute atomic E-state index is 6.02. The minimum atomic E-state index is 0.226. The number of anilines is 1. The zero-order chi connectivity index (χ0) is 12.1. The van der Waals surface area contributed by atoms with E-state index in [1.54, 1.807) is 0 Å². The van der Waals surface area contributed by atoms with Crippen molar-refractivity contribution in [3.05, 3.63) is 28.2 Å². The van der Waals surface area contributed by atoms with Gasteiger partial charge in [-0.15, -0.1) is 0 Å². The Balaban J connectivity index is 2.45. The second-order valence-electron chi connectivity index (χ2n) is 4.73. The molecule has 0 amide bonds. The number of halogens is 1. The first-order chi connectivity index (χ1) is 7.49. The normalized spacial score (nSPS) is 12.9. The lowest BCUT2D eigenvalue weighted by Crippen LogP contribution is -2.30. The molecule has 0 aliphatic carbocycles. The van der Waals surface area contributed by atoms with Gasteiger partial charge < -0.3 is 11.1 Å². The Labute approximate surface area is 107 Å². The summed E-state index contributed by atoms with van der Waals surface area (Å²) in [5.74, 6) is 0.656. The Morgan fingerprint density at radius 1 is 1.38 bits per heavy atom. The maximum atomic E-state index is 6.02. The molecule has 1 atom stereocenters. The maximum Gasteiger partial charge on any atom is 0.0344 e. The van der Waals surface area contributed by atoms with E-state index in [1.807, 2.05) is 0 Å². The van der Waals surface area contributed by atoms with E-state index in [9.17, 15) is 0 Å². The standard InChI is InChI=1S/C13H21BrN2/c1-9(2)6-11(15)8-16-12-4-5-13(14)10(3)7-12/h4-5,7,9,11,16H,6,8,15H2,1-3H3. The van der Waals surface area contributed by atoms with Gasteiger partial charge in [0.25, 0.3) is 0 Å². The predicted octanol–water partition coefficient (Wildman–Crippen LogP) is 3.54. The Morgan fingerprint density at radius 2 is 2.06 bits per heavy atom. The quantitative estimate of drug-likeness (QED) is 0.868. The molecule has 0 saturated heterocycles. The third-order valence-electron chi connectivity index (χ3n) is 2.50. The molecule has 3 heteroatoms. The molecule has 1 aromatic rings. The van der Waals surface area contributed by atoms with E-state index in [0.717, 1.165) is 23.1 Å². The van der Waals surface area contributed by atoms with Gasteiger partial charge in [-0.3, -0.25) is 0 Å². The first-order valence-electron chi connectivity index (χ1n) is 5.74. The highest BCUT2D eigenvalue weighted by Gasteiger charge is 2.05. The SMILES string of the molecule is Cc1cc(NCC(N)CC(C)C)ccc1Br. The highest BCUT2D eigenvalue weighted by Crippen LogP contribution is 2.20. The van der Waals surface area contributed by atoms with Crippen molar-refractivity contribution in [2.24, 2.45) is 11.7 Å². The van der Waals surface area contributed by atoms with E-state index in [-0.39, 0.29) is 6.04 Å². The monoisotopic (exact) mass is 284 g/mol. The van der Waals surface area contributed by atoms with Gasteiger partial charge in [0.1, 0.15) is 0 Å². The summed E-state index contributed by atoms with van der Waals surface area (Å²) in [6.07, 6.45) is 1.06. The zero-order valence-corrected chi connectivity index (χ0v) is 11.8. The molecule has 0 fully saturated rings. The highest BCUT2D eigenvalue weighted by atomic mass is 79.9. The zero-order valence-electron chi connectivity index (χ0n) is 10.3. The van der Waals surface area contributed by atoms with Crippen molar-refractivity contribution >= 4 is 21.6 Å². The summed E-state index contributed by atoms with van der Waals surface area (Å²) in [6, 6.07) is 6.49. The predicted molar refractivity (Wildman–Crippen MR) is 74.8 cm³/mol. The van der Waals surface area contributed by atoms with Crippen molar-refractivity contribution in [3.63, 3.8) is 0 Å².